The van der Waals surface area contributed by atoms with Crippen molar-refractivity contribution in [3.63, 3.8) is 0 Å². The van der Waals surface area contributed by atoms with Crippen LogP contribution in [0.15, 0.2) is 30.3 Å². The van der Waals surface area contributed by atoms with E-state index in [1.54, 1.807) is 12.1 Å². The van der Waals surface area contributed by atoms with Gasteiger partial charge in [-0.15, -0.1) is 10.2 Å². The predicted molar refractivity (Wildman–Crippen MR) is 88.5 cm³/mol. The van der Waals surface area contributed by atoms with Crippen molar-refractivity contribution in [1.82, 2.24) is 15.5 Å². The van der Waals surface area contributed by atoms with Crippen LogP contribution in [0.5, 0.6) is 0 Å². The highest BCUT2D eigenvalue weighted by Gasteiger charge is 2.07. The van der Waals surface area contributed by atoms with Crippen molar-refractivity contribution in [2.24, 2.45) is 0 Å². The highest BCUT2D eigenvalue weighted by atomic mass is 16.1. The molecule has 0 saturated heterocycles. The number of benzene rings is 1. The molecule has 116 valence electrons. The monoisotopic (exact) mass is 298 g/mol. The summed E-state index contributed by atoms with van der Waals surface area (Å²) in [4.78, 5) is 11.8. The summed E-state index contributed by atoms with van der Waals surface area (Å²) in [5.74, 6) is 0.437. The molecule has 2 rings (SSSR count). The van der Waals surface area contributed by atoms with Crippen LogP contribution < -0.4 is 10.6 Å². The Bertz CT molecular complexity index is 638. The van der Waals surface area contributed by atoms with Crippen LogP contribution in [0.1, 0.15) is 41.4 Å². The van der Waals surface area contributed by atoms with Gasteiger partial charge in [0.15, 0.2) is 11.5 Å². The summed E-state index contributed by atoms with van der Waals surface area (Å²) in [6, 6.07) is 9.55. The van der Waals surface area contributed by atoms with Crippen LogP contribution in [0.2, 0.25) is 0 Å². The van der Waals surface area contributed by atoms with Gasteiger partial charge in [0.2, 0.25) is 0 Å². The lowest BCUT2D eigenvalue weighted by atomic mass is 10.1. The lowest BCUT2D eigenvalue weighted by molar-refractivity contribution is 0.0947. The van der Waals surface area contributed by atoms with Gasteiger partial charge in [0.25, 0.3) is 5.91 Å². The molecule has 0 aliphatic heterocycles. The third kappa shape index (κ3) is 4.28. The van der Waals surface area contributed by atoms with E-state index in [-0.39, 0.29) is 5.91 Å². The zero-order valence-electron chi connectivity index (χ0n) is 13.3. The first-order valence-corrected chi connectivity index (χ1v) is 7.56. The summed E-state index contributed by atoms with van der Waals surface area (Å²) in [5, 5.41) is 14.0. The Morgan fingerprint density at radius 2 is 1.91 bits per heavy atom. The van der Waals surface area contributed by atoms with Gasteiger partial charge < -0.3 is 10.6 Å². The van der Waals surface area contributed by atoms with Gasteiger partial charge in [-0.2, -0.15) is 0 Å². The topological polar surface area (TPSA) is 66.9 Å². The predicted octanol–water partition coefficient (Wildman–Crippen LogP) is 3.37. The molecule has 2 aromatic rings. The highest BCUT2D eigenvalue weighted by molar-refractivity contribution is 5.92. The summed E-state index contributed by atoms with van der Waals surface area (Å²) in [7, 11) is 0. The number of hydrogen-bond donors (Lipinski definition) is 2. The molecule has 0 bridgehead atoms. The zero-order chi connectivity index (χ0) is 15.9. The Balaban J connectivity index is 1.99. The van der Waals surface area contributed by atoms with Crippen LogP contribution in [-0.2, 0) is 0 Å². The SMILES string of the molecule is CCCCNC(=O)c1ccc(Nc2ccc(C)c(C)c2)nn1. The summed E-state index contributed by atoms with van der Waals surface area (Å²) in [6.07, 6.45) is 2.01. The molecule has 1 aromatic heterocycles. The van der Waals surface area contributed by atoms with Crippen LogP contribution in [-0.4, -0.2) is 22.6 Å². The van der Waals surface area contributed by atoms with Crippen molar-refractivity contribution in [2.75, 3.05) is 11.9 Å². The number of rotatable bonds is 6. The van der Waals surface area contributed by atoms with E-state index in [1.165, 1.54) is 11.1 Å². The molecule has 0 aliphatic carbocycles. The lowest BCUT2D eigenvalue weighted by Gasteiger charge is -2.08. The van der Waals surface area contributed by atoms with E-state index >= 15 is 0 Å². The second-order valence-corrected chi connectivity index (χ2v) is 5.34. The van der Waals surface area contributed by atoms with Crippen LogP contribution in [0, 0.1) is 13.8 Å². The second kappa shape index (κ2) is 7.54. The molecular formula is C17H22N4O. The summed E-state index contributed by atoms with van der Waals surface area (Å²) >= 11 is 0. The molecule has 2 N–H and O–H groups in total. The van der Waals surface area contributed by atoms with Crippen LogP contribution in [0.25, 0.3) is 0 Å². The number of nitrogens with one attached hydrogen (secondary N) is 2. The Morgan fingerprint density at radius 1 is 1.09 bits per heavy atom. The highest BCUT2D eigenvalue weighted by Crippen LogP contribution is 2.17. The molecule has 5 heteroatoms. The second-order valence-electron chi connectivity index (χ2n) is 5.34. The Labute approximate surface area is 131 Å². The summed E-state index contributed by atoms with van der Waals surface area (Å²) in [5.41, 5.74) is 3.75. The van der Waals surface area contributed by atoms with Crippen molar-refractivity contribution in [3.8, 4) is 0 Å². The maximum absolute atomic E-state index is 11.8. The molecule has 0 saturated carbocycles. The number of anilines is 2. The molecular weight excluding hydrogens is 276 g/mol. The fraction of sp³-hybridized carbons (Fsp3) is 0.353. The number of amides is 1. The van der Waals surface area contributed by atoms with Crippen molar-refractivity contribution in [2.45, 2.75) is 33.6 Å². The molecule has 0 radical (unpaired) electrons. The summed E-state index contributed by atoms with van der Waals surface area (Å²) in [6.45, 7) is 6.89. The quantitative estimate of drug-likeness (QED) is 0.802. The van der Waals surface area contributed by atoms with Gasteiger partial charge in [0.05, 0.1) is 0 Å². The van der Waals surface area contributed by atoms with E-state index < -0.39 is 0 Å². The van der Waals surface area contributed by atoms with E-state index in [4.69, 9.17) is 0 Å². The minimum atomic E-state index is -0.182. The minimum Gasteiger partial charge on any atom is -0.351 e. The Morgan fingerprint density at radius 3 is 2.55 bits per heavy atom. The first kappa shape index (κ1) is 15.9. The molecule has 0 fully saturated rings. The number of carbonyl (C=O) groups is 1. The third-order valence-electron chi connectivity index (χ3n) is 3.49. The maximum atomic E-state index is 11.8. The molecule has 0 spiro atoms. The molecule has 1 heterocycles. The average molecular weight is 298 g/mol. The number of aryl methyl sites for hydroxylation is 2. The Kier molecular flexibility index (Phi) is 5.47. The van der Waals surface area contributed by atoms with Crippen molar-refractivity contribution < 1.29 is 4.79 Å². The Hall–Kier alpha value is -2.43. The number of carbonyl (C=O) groups excluding carboxylic acids is 1. The van der Waals surface area contributed by atoms with Gasteiger partial charge in [-0.25, -0.2) is 0 Å². The molecule has 1 amide bonds. The fourth-order valence-electron chi connectivity index (χ4n) is 1.96. The van der Waals surface area contributed by atoms with Gasteiger partial charge >= 0.3 is 0 Å². The van der Waals surface area contributed by atoms with Gasteiger partial charge in [-0.05, 0) is 55.7 Å². The number of unbranched alkanes of at least 4 members (excludes halogenated alkanes) is 1. The smallest absolute Gasteiger partial charge is 0.271 e. The standard InChI is InChI=1S/C17H22N4O/c1-4-5-10-18-17(22)15-8-9-16(21-20-15)19-14-7-6-12(2)13(3)11-14/h6-9,11H,4-5,10H2,1-3H3,(H,18,22)(H,19,21). The van der Waals surface area contributed by atoms with Crippen LogP contribution >= 0.6 is 0 Å². The largest absolute Gasteiger partial charge is 0.351 e. The van der Waals surface area contributed by atoms with Crippen molar-refractivity contribution in [1.29, 1.82) is 0 Å². The number of hydrogen-bond acceptors (Lipinski definition) is 4. The van der Waals surface area contributed by atoms with E-state index in [1.807, 2.05) is 6.07 Å². The third-order valence-corrected chi connectivity index (χ3v) is 3.49. The number of nitrogens with zero attached hydrogens (tertiary/aromatic N) is 2. The van der Waals surface area contributed by atoms with Gasteiger partial charge in [-0.1, -0.05) is 19.4 Å². The minimum absolute atomic E-state index is 0.182. The zero-order valence-corrected chi connectivity index (χ0v) is 13.3. The van der Waals surface area contributed by atoms with Gasteiger partial charge in [0.1, 0.15) is 0 Å². The van der Waals surface area contributed by atoms with E-state index in [0.29, 0.717) is 18.1 Å². The van der Waals surface area contributed by atoms with Crippen LogP contribution in [0.3, 0.4) is 0 Å². The molecule has 1 aromatic carbocycles. The fourth-order valence-corrected chi connectivity index (χ4v) is 1.96. The summed E-state index contributed by atoms with van der Waals surface area (Å²) < 4.78 is 0. The van der Waals surface area contributed by atoms with E-state index in [9.17, 15) is 4.79 Å². The first-order chi connectivity index (χ1) is 10.6. The van der Waals surface area contributed by atoms with Crippen molar-refractivity contribution in [3.05, 3.63) is 47.2 Å². The molecule has 22 heavy (non-hydrogen) atoms. The molecule has 0 unspecified atom stereocenters. The van der Waals surface area contributed by atoms with Crippen LogP contribution in [0.4, 0.5) is 11.5 Å². The number of aromatic nitrogens is 2. The molecule has 0 aliphatic rings. The molecule has 5 nitrogen and oxygen atoms in total. The average Bonchev–Trinajstić information content (AvgIpc) is 2.52. The van der Waals surface area contributed by atoms with Gasteiger partial charge in [0, 0.05) is 12.2 Å². The maximum Gasteiger partial charge on any atom is 0.271 e. The van der Waals surface area contributed by atoms with E-state index in [0.717, 1.165) is 18.5 Å². The van der Waals surface area contributed by atoms with Crippen molar-refractivity contribution >= 4 is 17.4 Å². The molecule has 0 atom stereocenters. The first-order valence-electron chi connectivity index (χ1n) is 7.56. The normalized spacial score (nSPS) is 10.3. The van der Waals surface area contributed by atoms with Gasteiger partial charge in [-0.3, -0.25) is 4.79 Å². The van der Waals surface area contributed by atoms with E-state index in [2.05, 4.69) is 53.7 Å². The lowest BCUT2D eigenvalue weighted by Crippen LogP contribution is -2.25.